The van der Waals surface area contributed by atoms with Gasteiger partial charge in [0.05, 0.1) is 12.1 Å². The average molecular weight is 375 g/mol. The number of amidine groups is 1. The highest BCUT2D eigenvalue weighted by Crippen LogP contribution is 2.23. The molecule has 1 heterocycles. The van der Waals surface area contributed by atoms with Crippen molar-refractivity contribution in [2.75, 3.05) is 11.9 Å². The minimum atomic E-state index is -1.00. The second kappa shape index (κ2) is 8.21. The van der Waals surface area contributed by atoms with Crippen LogP contribution in [0.5, 0.6) is 0 Å². The van der Waals surface area contributed by atoms with Crippen LogP contribution in [0.3, 0.4) is 0 Å². The summed E-state index contributed by atoms with van der Waals surface area (Å²) < 4.78 is 0. The van der Waals surface area contributed by atoms with Crippen LogP contribution in [0, 0.1) is 12.3 Å². The Morgan fingerprint density at radius 1 is 1.19 bits per heavy atom. The molecule has 0 spiro atoms. The van der Waals surface area contributed by atoms with Crippen LogP contribution in [0.1, 0.15) is 37.7 Å². The molecule has 0 unspecified atom stereocenters. The number of nitrogens with one attached hydrogen (secondary N) is 3. The Labute approximate surface area is 152 Å². The van der Waals surface area contributed by atoms with Crippen LogP contribution in [-0.2, 0) is 4.79 Å². The van der Waals surface area contributed by atoms with Gasteiger partial charge in [0, 0.05) is 17.7 Å². The molecule has 9 nitrogen and oxygen atoms in total. The van der Waals surface area contributed by atoms with Gasteiger partial charge in [-0.3, -0.25) is 25.1 Å². The van der Waals surface area contributed by atoms with Gasteiger partial charge < -0.3 is 16.2 Å². The number of aryl methyl sites for hydroxylation is 1. The third kappa shape index (κ3) is 4.86. The third-order valence-corrected chi connectivity index (χ3v) is 4.38. The van der Waals surface area contributed by atoms with Gasteiger partial charge in [-0.05, 0) is 19.1 Å². The van der Waals surface area contributed by atoms with E-state index in [1.807, 2.05) is 0 Å². The number of anilines is 1. The first-order valence-electron chi connectivity index (χ1n) is 7.51. The average Bonchev–Trinajstić information content (AvgIpc) is 2.94. The van der Waals surface area contributed by atoms with Crippen LogP contribution in [0.2, 0.25) is 0 Å². The van der Waals surface area contributed by atoms with Crippen molar-refractivity contribution in [2.45, 2.75) is 13.3 Å². The Bertz CT molecular complexity index is 860. The molecule has 0 bridgehead atoms. The number of hydrogen-bond donors (Lipinski definition) is 5. The normalized spacial score (nSPS) is 10.2. The lowest BCUT2D eigenvalue weighted by Gasteiger charge is -2.03. The summed E-state index contributed by atoms with van der Waals surface area (Å²) in [5.74, 6) is -1.94. The zero-order chi connectivity index (χ0) is 19.3. The van der Waals surface area contributed by atoms with Gasteiger partial charge in [0.25, 0.3) is 11.8 Å². The van der Waals surface area contributed by atoms with Gasteiger partial charge >= 0.3 is 5.97 Å². The zero-order valence-electron chi connectivity index (χ0n) is 13.8. The Morgan fingerprint density at radius 2 is 1.81 bits per heavy atom. The first-order valence-corrected chi connectivity index (χ1v) is 8.33. The van der Waals surface area contributed by atoms with Crippen LogP contribution < -0.4 is 16.4 Å². The molecule has 0 fully saturated rings. The summed E-state index contributed by atoms with van der Waals surface area (Å²) in [6.07, 6.45) is -0.177. The second-order valence-electron chi connectivity index (χ2n) is 5.28. The van der Waals surface area contributed by atoms with Gasteiger partial charge in [-0.2, -0.15) is 0 Å². The number of aromatic nitrogens is 1. The van der Waals surface area contributed by atoms with Gasteiger partial charge in [-0.1, -0.05) is 23.5 Å². The number of nitrogen functional groups attached to an aromatic ring is 1. The topological polar surface area (TPSA) is 158 Å². The molecule has 2 rings (SSSR count). The molecular formula is C16H17N5O4S. The van der Waals surface area contributed by atoms with E-state index in [-0.39, 0.29) is 23.9 Å². The van der Waals surface area contributed by atoms with E-state index in [1.54, 1.807) is 19.1 Å². The minimum absolute atomic E-state index is 0.00962. The molecule has 1 aromatic heterocycles. The molecule has 0 aliphatic rings. The number of carbonyl (C=O) groups is 3. The molecule has 10 heteroatoms. The SMILES string of the molecule is Cc1nc(NC(=O)c2ccc(C(=N)N)cc2)sc1C(=O)NCCC(=O)O. The molecule has 0 saturated heterocycles. The summed E-state index contributed by atoms with van der Waals surface area (Å²) in [7, 11) is 0. The minimum Gasteiger partial charge on any atom is -0.481 e. The molecule has 26 heavy (non-hydrogen) atoms. The van der Waals surface area contributed by atoms with E-state index in [0.717, 1.165) is 11.3 Å². The van der Waals surface area contributed by atoms with Crippen LogP contribution in [0.4, 0.5) is 5.13 Å². The molecule has 1 aromatic carbocycles. The van der Waals surface area contributed by atoms with Crippen molar-refractivity contribution < 1.29 is 19.5 Å². The number of carboxylic acids is 1. The molecule has 0 aliphatic carbocycles. The fraction of sp³-hybridized carbons (Fsp3) is 0.188. The van der Waals surface area contributed by atoms with Crippen LogP contribution in [0.25, 0.3) is 0 Å². The number of hydrogen-bond acceptors (Lipinski definition) is 6. The number of rotatable bonds is 7. The molecule has 136 valence electrons. The van der Waals surface area contributed by atoms with Crippen molar-refractivity contribution >= 4 is 40.1 Å². The highest BCUT2D eigenvalue weighted by molar-refractivity contribution is 7.17. The maximum absolute atomic E-state index is 12.2. The van der Waals surface area contributed by atoms with Gasteiger partial charge in [0.1, 0.15) is 10.7 Å². The van der Waals surface area contributed by atoms with E-state index in [4.69, 9.17) is 16.2 Å². The molecule has 0 atom stereocenters. The monoisotopic (exact) mass is 375 g/mol. The maximum Gasteiger partial charge on any atom is 0.305 e. The van der Waals surface area contributed by atoms with E-state index in [2.05, 4.69) is 15.6 Å². The van der Waals surface area contributed by atoms with E-state index in [0.29, 0.717) is 21.7 Å². The highest BCUT2D eigenvalue weighted by Gasteiger charge is 2.17. The first-order chi connectivity index (χ1) is 12.3. The van der Waals surface area contributed by atoms with Crippen molar-refractivity contribution in [3.63, 3.8) is 0 Å². The lowest BCUT2D eigenvalue weighted by Crippen LogP contribution is -2.25. The number of thiazole rings is 1. The van der Waals surface area contributed by atoms with Crippen molar-refractivity contribution in [1.29, 1.82) is 5.41 Å². The molecule has 0 saturated carbocycles. The number of carboxylic acid groups (broad SMARTS) is 1. The first kappa shape index (κ1) is 19.1. The molecular weight excluding hydrogens is 358 g/mol. The fourth-order valence-electron chi connectivity index (χ4n) is 1.99. The quantitative estimate of drug-likeness (QED) is 0.361. The lowest BCUT2D eigenvalue weighted by atomic mass is 10.1. The highest BCUT2D eigenvalue weighted by atomic mass is 32.1. The zero-order valence-corrected chi connectivity index (χ0v) is 14.6. The van der Waals surface area contributed by atoms with Crippen LogP contribution >= 0.6 is 11.3 Å². The molecule has 6 N–H and O–H groups in total. The Morgan fingerprint density at radius 3 is 2.38 bits per heavy atom. The standard InChI is InChI=1S/C16H17N5O4S/c1-8-12(15(25)19-7-6-11(22)23)26-16(20-8)21-14(24)10-4-2-9(3-5-10)13(17)18/h2-5H,6-7H2,1H3,(H3,17,18)(H,19,25)(H,22,23)(H,20,21,24). The van der Waals surface area contributed by atoms with E-state index in [9.17, 15) is 14.4 Å². The number of aliphatic carboxylic acids is 1. The molecule has 0 radical (unpaired) electrons. The molecule has 2 aromatic rings. The predicted molar refractivity (Wildman–Crippen MR) is 96.8 cm³/mol. The van der Waals surface area contributed by atoms with E-state index >= 15 is 0 Å². The molecule has 0 aliphatic heterocycles. The second-order valence-corrected chi connectivity index (χ2v) is 6.28. The van der Waals surface area contributed by atoms with Crippen molar-refractivity contribution in [1.82, 2.24) is 10.3 Å². The number of amides is 2. The van der Waals surface area contributed by atoms with Crippen LogP contribution in [0.15, 0.2) is 24.3 Å². The summed E-state index contributed by atoms with van der Waals surface area (Å²) in [6.45, 7) is 1.63. The summed E-state index contributed by atoms with van der Waals surface area (Å²) >= 11 is 1.00. The van der Waals surface area contributed by atoms with Crippen molar-refractivity contribution in [3.05, 3.63) is 46.0 Å². The Hall–Kier alpha value is -3.27. The predicted octanol–water partition coefficient (Wildman–Crippen LogP) is 1.19. The lowest BCUT2D eigenvalue weighted by molar-refractivity contribution is -0.136. The van der Waals surface area contributed by atoms with Crippen LogP contribution in [-0.4, -0.2) is 40.3 Å². The van der Waals surface area contributed by atoms with Gasteiger partial charge in [-0.25, -0.2) is 4.98 Å². The third-order valence-electron chi connectivity index (χ3n) is 3.31. The fourth-order valence-corrected chi connectivity index (χ4v) is 2.87. The van der Waals surface area contributed by atoms with Gasteiger partial charge in [0.2, 0.25) is 0 Å². The van der Waals surface area contributed by atoms with E-state index in [1.165, 1.54) is 12.1 Å². The summed E-state index contributed by atoms with van der Waals surface area (Å²) in [5, 5.41) is 21.3. The number of benzene rings is 1. The maximum atomic E-state index is 12.2. The molecule has 2 amide bonds. The smallest absolute Gasteiger partial charge is 0.305 e. The largest absolute Gasteiger partial charge is 0.481 e. The summed E-state index contributed by atoms with van der Waals surface area (Å²) in [6, 6.07) is 6.19. The summed E-state index contributed by atoms with van der Waals surface area (Å²) in [4.78, 5) is 39.2. The van der Waals surface area contributed by atoms with E-state index < -0.39 is 17.8 Å². The van der Waals surface area contributed by atoms with Crippen molar-refractivity contribution in [3.8, 4) is 0 Å². The van der Waals surface area contributed by atoms with Gasteiger partial charge in [0.15, 0.2) is 5.13 Å². The number of nitrogens with two attached hydrogens (primary N) is 1. The Balaban J connectivity index is 2.03. The summed E-state index contributed by atoms with van der Waals surface area (Å²) in [5.41, 5.74) is 6.66. The van der Waals surface area contributed by atoms with Gasteiger partial charge in [-0.15, -0.1) is 0 Å². The number of carbonyl (C=O) groups excluding carboxylic acids is 2. The Kier molecular flexibility index (Phi) is 6.02. The number of nitrogens with zero attached hydrogens (tertiary/aromatic N) is 1. The van der Waals surface area contributed by atoms with Crippen molar-refractivity contribution in [2.24, 2.45) is 5.73 Å².